The third-order valence-electron chi connectivity index (χ3n) is 2.72. The molecule has 3 rings (SSSR count). The van der Waals surface area contributed by atoms with E-state index in [-0.39, 0.29) is 0 Å². The fourth-order valence-electron chi connectivity index (χ4n) is 1.77. The van der Waals surface area contributed by atoms with Gasteiger partial charge in [-0.1, -0.05) is 0 Å². The van der Waals surface area contributed by atoms with Gasteiger partial charge in [-0.2, -0.15) is 5.10 Å². The van der Waals surface area contributed by atoms with Gasteiger partial charge in [-0.3, -0.25) is 0 Å². The minimum absolute atomic E-state index is 0.602. The standard InChI is InChI=1S/C11H11N5O/c1-6-10(12)8-3-13-5-16(8)15-11(6)9-4-14-7(2)17-9/h3-5H,12H2,1-2H3. The Morgan fingerprint density at radius 1 is 1.29 bits per heavy atom. The quantitative estimate of drug-likeness (QED) is 0.685. The first kappa shape index (κ1) is 9.83. The zero-order valence-corrected chi connectivity index (χ0v) is 9.51. The van der Waals surface area contributed by atoms with E-state index in [9.17, 15) is 0 Å². The van der Waals surface area contributed by atoms with Crippen molar-refractivity contribution in [2.24, 2.45) is 0 Å². The van der Waals surface area contributed by atoms with Crippen LogP contribution < -0.4 is 5.73 Å². The lowest BCUT2D eigenvalue weighted by molar-refractivity contribution is 0.531. The van der Waals surface area contributed by atoms with Gasteiger partial charge in [0, 0.05) is 12.5 Å². The van der Waals surface area contributed by atoms with Gasteiger partial charge >= 0.3 is 0 Å². The Bertz CT molecular complexity index is 697. The van der Waals surface area contributed by atoms with E-state index in [2.05, 4.69) is 15.1 Å². The SMILES string of the molecule is Cc1ncc(-c2nn3cncc3c(N)c2C)o1. The Morgan fingerprint density at radius 2 is 2.12 bits per heavy atom. The highest BCUT2D eigenvalue weighted by molar-refractivity contribution is 5.77. The van der Waals surface area contributed by atoms with Gasteiger partial charge in [-0.05, 0) is 6.92 Å². The average molecular weight is 229 g/mol. The molecule has 6 heteroatoms. The van der Waals surface area contributed by atoms with Crippen LogP contribution in [0.4, 0.5) is 5.69 Å². The number of aromatic nitrogens is 4. The highest BCUT2D eigenvalue weighted by Gasteiger charge is 2.14. The van der Waals surface area contributed by atoms with Gasteiger partial charge in [0.15, 0.2) is 11.7 Å². The summed E-state index contributed by atoms with van der Waals surface area (Å²) in [6.07, 6.45) is 4.94. The third-order valence-corrected chi connectivity index (χ3v) is 2.72. The fourth-order valence-corrected chi connectivity index (χ4v) is 1.77. The molecule has 0 spiro atoms. The van der Waals surface area contributed by atoms with Gasteiger partial charge in [-0.15, -0.1) is 0 Å². The summed E-state index contributed by atoms with van der Waals surface area (Å²) in [4.78, 5) is 8.08. The van der Waals surface area contributed by atoms with E-state index in [1.54, 1.807) is 30.2 Å². The third kappa shape index (κ3) is 1.37. The summed E-state index contributed by atoms with van der Waals surface area (Å²) in [6, 6.07) is 0. The molecule has 0 aliphatic rings. The highest BCUT2D eigenvalue weighted by atomic mass is 16.4. The Hall–Kier alpha value is -2.37. The van der Waals surface area contributed by atoms with Gasteiger partial charge < -0.3 is 10.2 Å². The Kier molecular flexibility index (Phi) is 1.91. The van der Waals surface area contributed by atoms with Crippen molar-refractivity contribution in [1.29, 1.82) is 0 Å². The van der Waals surface area contributed by atoms with Crippen molar-refractivity contribution >= 4 is 11.2 Å². The molecule has 0 radical (unpaired) electrons. The van der Waals surface area contributed by atoms with Crippen LogP contribution in [0.2, 0.25) is 0 Å². The molecule has 0 fully saturated rings. The number of anilines is 1. The van der Waals surface area contributed by atoms with Crippen molar-refractivity contribution in [2.75, 3.05) is 5.73 Å². The molecule has 86 valence electrons. The Labute approximate surface area is 97.1 Å². The smallest absolute Gasteiger partial charge is 0.191 e. The monoisotopic (exact) mass is 229 g/mol. The summed E-state index contributed by atoms with van der Waals surface area (Å²) in [6.45, 7) is 3.69. The fraction of sp³-hybridized carbons (Fsp3) is 0.182. The first-order valence-electron chi connectivity index (χ1n) is 5.18. The van der Waals surface area contributed by atoms with Crippen LogP contribution in [0, 0.1) is 13.8 Å². The van der Waals surface area contributed by atoms with Crippen molar-refractivity contribution in [1.82, 2.24) is 19.6 Å². The van der Waals surface area contributed by atoms with Crippen LogP contribution in [0.5, 0.6) is 0 Å². The molecule has 0 aliphatic heterocycles. The molecule has 0 unspecified atom stereocenters. The molecular formula is C11H11N5O. The van der Waals surface area contributed by atoms with Gasteiger partial charge in [0.1, 0.15) is 17.5 Å². The molecule has 0 bridgehead atoms. The molecule has 17 heavy (non-hydrogen) atoms. The molecular weight excluding hydrogens is 218 g/mol. The number of fused-ring (bicyclic) bond motifs is 1. The second-order valence-corrected chi connectivity index (χ2v) is 3.85. The number of hydrogen-bond donors (Lipinski definition) is 1. The highest BCUT2D eigenvalue weighted by Crippen LogP contribution is 2.27. The lowest BCUT2D eigenvalue weighted by Gasteiger charge is -2.06. The van der Waals surface area contributed by atoms with Crippen LogP contribution >= 0.6 is 0 Å². The van der Waals surface area contributed by atoms with Gasteiger partial charge in [-0.25, -0.2) is 14.5 Å². The van der Waals surface area contributed by atoms with Gasteiger partial charge in [0.25, 0.3) is 0 Å². The minimum atomic E-state index is 0.602. The van der Waals surface area contributed by atoms with Crippen molar-refractivity contribution in [2.45, 2.75) is 13.8 Å². The number of oxazole rings is 1. The zero-order chi connectivity index (χ0) is 12.0. The Balaban J connectivity index is 2.32. The molecule has 3 heterocycles. The van der Waals surface area contributed by atoms with E-state index in [0.29, 0.717) is 23.0 Å². The second kappa shape index (κ2) is 3.31. The molecule has 3 aromatic rings. The predicted octanol–water partition coefficient (Wildman–Crippen LogP) is 1.58. The lowest BCUT2D eigenvalue weighted by Crippen LogP contribution is -2.01. The van der Waals surface area contributed by atoms with E-state index in [1.165, 1.54) is 0 Å². The largest absolute Gasteiger partial charge is 0.439 e. The predicted molar refractivity (Wildman–Crippen MR) is 62.4 cm³/mol. The number of rotatable bonds is 1. The summed E-state index contributed by atoms with van der Waals surface area (Å²) >= 11 is 0. The maximum Gasteiger partial charge on any atom is 0.191 e. The van der Waals surface area contributed by atoms with Crippen LogP contribution in [0.1, 0.15) is 11.5 Å². The molecule has 2 N–H and O–H groups in total. The molecule has 0 atom stereocenters. The van der Waals surface area contributed by atoms with Gasteiger partial charge in [0.2, 0.25) is 0 Å². The molecule has 6 nitrogen and oxygen atoms in total. The average Bonchev–Trinajstić information content (AvgIpc) is 2.91. The maximum atomic E-state index is 6.04. The number of imidazole rings is 1. The van der Waals surface area contributed by atoms with Crippen LogP contribution in [0.15, 0.2) is 23.1 Å². The number of nitrogen functional groups attached to an aromatic ring is 1. The van der Waals surface area contributed by atoms with Crippen molar-refractivity contribution < 1.29 is 4.42 Å². The number of nitrogens with two attached hydrogens (primary N) is 1. The Morgan fingerprint density at radius 3 is 2.82 bits per heavy atom. The summed E-state index contributed by atoms with van der Waals surface area (Å²) in [5, 5.41) is 4.42. The first-order chi connectivity index (χ1) is 8.16. The topological polar surface area (TPSA) is 82.2 Å². The number of aryl methyl sites for hydroxylation is 1. The van der Waals surface area contributed by atoms with E-state index < -0.39 is 0 Å². The summed E-state index contributed by atoms with van der Waals surface area (Å²) in [7, 11) is 0. The lowest BCUT2D eigenvalue weighted by atomic mass is 10.1. The molecule has 0 saturated carbocycles. The van der Waals surface area contributed by atoms with E-state index in [0.717, 1.165) is 11.1 Å². The van der Waals surface area contributed by atoms with Crippen LogP contribution in [-0.2, 0) is 0 Å². The molecule has 0 saturated heterocycles. The van der Waals surface area contributed by atoms with E-state index in [1.807, 2.05) is 6.92 Å². The summed E-state index contributed by atoms with van der Waals surface area (Å²) < 4.78 is 7.10. The maximum absolute atomic E-state index is 6.04. The van der Waals surface area contributed by atoms with Crippen molar-refractivity contribution in [3.63, 3.8) is 0 Å². The molecule has 0 aliphatic carbocycles. The summed E-state index contributed by atoms with van der Waals surface area (Å²) in [5.41, 5.74) is 9.05. The van der Waals surface area contributed by atoms with Gasteiger partial charge in [0.05, 0.1) is 18.1 Å². The van der Waals surface area contributed by atoms with Crippen molar-refractivity contribution in [3.05, 3.63) is 30.2 Å². The molecule has 0 amide bonds. The molecule has 3 aromatic heterocycles. The molecule has 0 aromatic carbocycles. The number of hydrogen-bond acceptors (Lipinski definition) is 5. The van der Waals surface area contributed by atoms with E-state index >= 15 is 0 Å². The normalized spacial score (nSPS) is 11.2. The first-order valence-corrected chi connectivity index (χ1v) is 5.18. The van der Waals surface area contributed by atoms with E-state index in [4.69, 9.17) is 10.2 Å². The van der Waals surface area contributed by atoms with Crippen LogP contribution in [0.3, 0.4) is 0 Å². The van der Waals surface area contributed by atoms with Crippen molar-refractivity contribution in [3.8, 4) is 11.5 Å². The summed E-state index contributed by atoms with van der Waals surface area (Å²) in [5.74, 6) is 1.22. The minimum Gasteiger partial charge on any atom is -0.439 e. The van der Waals surface area contributed by atoms with Crippen LogP contribution in [0.25, 0.3) is 17.0 Å². The second-order valence-electron chi connectivity index (χ2n) is 3.85. The van der Waals surface area contributed by atoms with Crippen LogP contribution in [-0.4, -0.2) is 19.6 Å². The number of nitrogens with zero attached hydrogens (tertiary/aromatic N) is 4. The zero-order valence-electron chi connectivity index (χ0n) is 9.51.